The van der Waals surface area contributed by atoms with Crippen LogP contribution in [0.2, 0.25) is 0 Å². The van der Waals surface area contributed by atoms with Crippen LogP contribution < -0.4 is 0 Å². The monoisotopic (exact) mass is 212 g/mol. The van der Waals surface area contributed by atoms with Crippen molar-refractivity contribution in [2.45, 2.75) is 31.6 Å². The summed E-state index contributed by atoms with van der Waals surface area (Å²) in [6, 6.07) is 5.62. The maximum Gasteiger partial charge on any atom is 0.176 e. The maximum absolute atomic E-state index is 11.6. The van der Waals surface area contributed by atoms with Crippen molar-refractivity contribution in [1.29, 1.82) is 0 Å². The van der Waals surface area contributed by atoms with Crippen molar-refractivity contribution in [1.82, 2.24) is 0 Å². The van der Waals surface area contributed by atoms with Crippen molar-refractivity contribution >= 4 is 9.84 Å². The lowest BCUT2D eigenvalue weighted by molar-refractivity contribution is 0.599. The first-order chi connectivity index (χ1) is 6.34. The predicted molar refractivity (Wildman–Crippen MR) is 58.4 cm³/mol. The molecule has 0 radical (unpaired) electrons. The lowest BCUT2D eigenvalue weighted by Gasteiger charge is -2.13. The van der Waals surface area contributed by atoms with E-state index >= 15 is 0 Å². The van der Waals surface area contributed by atoms with Crippen molar-refractivity contribution in [3.63, 3.8) is 0 Å². The van der Waals surface area contributed by atoms with Crippen LogP contribution in [0.3, 0.4) is 0 Å². The zero-order valence-electron chi connectivity index (χ0n) is 9.03. The van der Waals surface area contributed by atoms with Gasteiger partial charge >= 0.3 is 0 Å². The fraction of sp³-hybridized carbons (Fsp3) is 0.455. The third kappa shape index (κ3) is 2.15. The van der Waals surface area contributed by atoms with Crippen molar-refractivity contribution < 1.29 is 8.42 Å². The molecule has 0 amide bonds. The third-order valence-corrected chi connectivity index (χ3v) is 3.53. The van der Waals surface area contributed by atoms with E-state index in [2.05, 4.69) is 0 Å². The van der Waals surface area contributed by atoms with E-state index in [-0.39, 0.29) is 5.92 Å². The molecule has 0 saturated carbocycles. The Morgan fingerprint density at radius 1 is 1.21 bits per heavy atom. The average Bonchev–Trinajstić information content (AvgIpc) is 2.01. The Morgan fingerprint density at radius 3 is 2.14 bits per heavy atom. The molecule has 1 rings (SSSR count). The molecule has 3 heteroatoms. The summed E-state index contributed by atoms with van der Waals surface area (Å²) in [7, 11) is -3.11. The normalized spacial score (nSPS) is 12.1. The minimum absolute atomic E-state index is 0.236. The topological polar surface area (TPSA) is 34.1 Å². The Kier molecular flexibility index (Phi) is 3.00. The van der Waals surface area contributed by atoms with Gasteiger partial charge in [-0.1, -0.05) is 32.0 Å². The second kappa shape index (κ2) is 3.73. The first-order valence-corrected chi connectivity index (χ1v) is 6.52. The number of hydrogen-bond donors (Lipinski definition) is 0. The third-order valence-electron chi connectivity index (χ3n) is 2.24. The first-order valence-electron chi connectivity index (χ1n) is 4.63. The summed E-state index contributed by atoms with van der Waals surface area (Å²) in [6.45, 7) is 5.84. The standard InChI is InChI=1S/C11H16O2S/c1-8(2)10-7-5-6-9(3)11(10)14(4,12)13/h5-8H,1-4H3. The van der Waals surface area contributed by atoms with Crippen LogP contribution in [0.4, 0.5) is 0 Å². The van der Waals surface area contributed by atoms with Gasteiger partial charge in [0.25, 0.3) is 0 Å². The van der Waals surface area contributed by atoms with Gasteiger partial charge in [-0.2, -0.15) is 0 Å². The molecule has 1 aromatic rings. The minimum Gasteiger partial charge on any atom is -0.224 e. The molecule has 0 aliphatic rings. The molecule has 0 aliphatic heterocycles. The van der Waals surface area contributed by atoms with Gasteiger partial charge in [0.15, 0.2) is 9.84 Å². The van der Waals surface area contributed by atoms with E-state index < -0.39 is 9.84 Å². The molecule has 2 nitrogen and oxygen atoms in total. The van der Waals surface area contributed by atoms with Crippen LogP contribution in [0.25, 0.3) is 0 Å². The SMILES string of the molecule is Cc1cccc(C(C)C)c1S(C)(=O)=O. The van der Waals surface area contributed by atoms with Crippen LogP contribution in [0, 0.1) is 6.92 Å². The molecule has 0 bridgehead atoms. The first kappa shape index (κ1) is 11.2. The van der Waals surface area contributed by atoms with Crippen LogP contribution in [0.5, 0.6) is 0 Å². The number of rotatable bonds is 2. The highest BCUT2D eigenvalue weighted by Gasteiger charge is 2.17. The molecule has 0 heterocycles. The van der Waals surface area contributed by atoms with E-state index in [1.54, 1.807) is 0 Å². The molecule has 14 heavy (non-hydrogen) atoms. The molecule has 0 unspecified atom stereocenters. The van der Waals surface area contributed by atoms with E-state index in [0.717, 1.165) is 11.1 Å². The van der Waals surface area contributed by atoms with Crippen LogP contribution in [0.15, 0.2) is 23.1 Å². The molecule has 1 aromatic carbocycles. The van der Waals surface area contributed by atoms with Gasteiger partial charge in [0.2, 0.25) is 0 Å². The van der Waals surface area contributed by atoms with E-state index in [4.69, 9.17) is 0 Å². The molecule has 0 saturated heterocycles. The summed E-state index contributed by atoms with van der Waals surface area (Å²) in [5, 5.41) is 0. The Hall–Kier alpha value is -0.830. The number of benzene rings is 1. The smallest absolute Gasteiger partial charge is 0.176 e. The molecule has 0 aliphatic carbocycles. The van der Waals surface area contributed by atoms with Gasteiger partial charge in [-0.15, -0.1) is 0 Å². The van der Waals surface area contributed by atoms with Crippen molar-refractivity contribution in [3.8, 4) is 0 Å². The quantitative estimate of drug-likeness (QED) is 0.755. The van der Waals surface area contributed by atoms with E-state index in [9.17, 15) is 8.42 Å². The summed E-state index contributed by atoms with van der Waals surface area (Å²) in [5.74, 6) is 0.236. The second-order valence-corrected chi connectivity index (χ2v) is 5.87. The summed E-state index contributed by atoms with van der Waals surface area (Å²) < 4.78 is 23.2. The van der Waals surface area contributed by atoms with Gasteiger partial charge in [0.05, 0.1) is 4.90 Å². The fourth-order valence-corrected chi connectivity index (χ4v) is 3.02. The van der Waals surface area contributed by atoms with Crippen LogP contribution in [-0.2, 0) is 9.84 Å². The lowest BCUT2D eigenvalue weighted by Crippen LogP contribution is -2.06. The van der Waals surface area contributed by atoms with Gasteiger partial charge < -0.3 is 0 Å². The lowest BCUT2D eigenvalue weighted by atomic mass is 10.0. The highest BCUT2D eigenvalue weighted by Crippen LogP contribution is 2.26. The largest absolute Gasteiger partial charge is 0.224 e. The average molecular weight is 212 g/mol. The molecule has 0 N–H and O–H groups in total. The Bertz CT molecular complexity index is 431. The minimum atomic E-state index is -3.11. The van der Waals surface area contributed by atoms with Crippen molar-refractivity contribution in [2.75, 3.05) is 6.26 Å². The van der Waals surface area contributed by atoms with Gasteiger partial charge in [0, 0.05) is 6.26 Å². The summed E-state index contributed by atoms with van der Waals surface area (Å²) in [4.78, 5) is 0.495. The zero-order chi connectivity index (χ0) is 10.9. The maximum atomic E-state index is 11.6. The van der Waals surface area contributed by atoms with Crippen LogP contribution >= 0.6 is 0 Å². The molecule has 0 spiro atoms. The fourth-order valence-electron chi connectivity index (χ4n) is 1.64. The molecular weight excluding hydrogens is 196 g/mol. The molecule has 0 atom stereocenters. The summed E-state index contributed by atoms with van der Waals surface area (Å²) >= 11 is 0. The van der Waals surface area contributed by atoms with Gasteiger partial charge in [-0.25, -0.2) is 8.42 Å². The number of sulfone groups is 1. The summed E-state index contributed by atoms with van der Waals surface area (Å²) in [6.07, 6.45) is 1.27. The van der Waals surface area contributed by atoms with Crippen LogP contribution in [-0.4, -0.2) is 14.7 Å². The molecule has 78 valence electrons. The zero-order valence-corrected chi connectivity index (χ0v) is 9.85. The molecular formula is C11H16O2S. The highest BCUT2D eigenvalue weighted by molar-refractivity contribution is 7.90. The van der Waals surface area contributed by atoms with Crippen molar-refractivity contribution in [2.24, 2.45) is 0 Å². The van der Waals surface area contributed by atoms with E-state index in [1.165, 1.54) is 6.26 Å². The second-order valence-electron chi connectivity index (χ2n) is 3.92. The van der Waals surface area contributed by atoms with E-state index in [1.807, 2.05) is 39.0 Å². The summed E-state index contributed by atoms with van der Waals surface area (Å²) in [5.41, 5.74) is 1.74. The Morgan fingerprint density at radius 2 is 1.79 bits per heavy atom. The Balaban J connectivity index is 3.54. The molecule has 0 fully saturated rings. The van der Waals surface area contributed by atoms with Crippen LogP contribution in [0.1, 0.15) is 30.9 Å². The van der Waals surface area contributed by atoms with E-state index in [0.29, 0.717) is 4.90 Å². The molecule has 0 aromatic heterocycles. The number of hydrogen-bond acceptors (Lipinski definition) is 2. The van der Waals surface area contributed by atoms with Gasteiger partial charge in [0.1, 0.15) is 0 Å². The predicted octanol–water partition coefficient (Wildman–Crippen LogP) is 2.52. The van der Waals surface area contributed by atoms with Gasteiger partial charge in [-0.3, -0.25) is 0 Å². The number of aryl methyl sites for hydroxylation is 1. The highest BCUT2D eigenvalue weighted by atomic mass is 32.2. The Labute approximate surface area is 85.9 Å². The van der Waals surface area contributed by atoms with Crippen molar-refractivity contribution in [3.05, 3.63) is 29.3 Å². The van der Waals surface area contributed by atoms with Gasteiger partial charge in [-0.05, 0) is 24.0 Å².